The number of methoxy groups -OCH3 is 1. The average molecular weight is 233 g/mol. The molecule has 2 aromatic rings. The van der Waals surface area contributed by atoms with Crippen LogP contribution >= 0.6 is 0 Å². The second kappa shape index (κ2) is 3.93. The lowest BCUT2D eigenvalue weighted by Crippen LogP contribution is -2.16. The molecule has 1 heterocycles. The molecule has 0 unspecified atom stereocenters. The van der Waals surface area contributed by atoms with Gasteiger partial charge in [0.05, 0.1) is 18.0 Å². The number of pyridine rings is 1. The predicted octanol–water partition coefficient (Wildman–Crippen LogP) is 1.54. The monoisotopic (exact) mass is 233 g/mol. The summed E-state index contributed by atoms with van der Waals surface area (Å²) in [6, 6.07) is 3.45. The lowest BCUT2D eigenvalue weighted by Gasteiger charge is -2.07. The molecular formula is C12H11NO4. The van der Waals surface area contributed by atoms with E-state index in [-0.39, 0.29) is 5.56 Å². The van der Waals surface area contributed by atoms with Crippen LogP contribution in [0.3, 0.4) is 0 Å². The Morgan fingerprint density at radius 2 is 2.12 bits per heavy atom. The van der Waals surface area contributed by atoms with E-state index in [9.17, 15) is 9.59 Å². The highest BCUT2D eigenvalue weighted by molar-refractivity contribution is 5.95. The summed E-state index contributed by atoms with van der Waals surface area (Å²) in [6.07, 6.45) is 1.19. The van der Waals surface area contributed by atoms with Gasteiger partial charge in [-0.3, -0.25) is 4.79 Å². The highest BCUT2D eigenvalue weighted by Gasteiger charge is 2.15. The van der Waals surface area contributed by atoms with Crippen LogP contribution in [0, 0.1) is 6.92 Å². The van der Waals surface area contributed by atoms with Gasteiger partial charge in [-0.2, -0.15) is 0 Å². The standard InChI is InChI=1S/C12H11NO4/c1-6-3-4-8(17-2)10-9(6)11(14)7(5-13-10)12(15)16/h3-5H,1-2H3,(H,13,14)(H,15,16). The van der Waals surface area contributed by atoms with E-state index in [0.717, 1.165) is 0 Å². The van der Waals surface area contributed by atoms with E-state index in [4.69, 9.17) is 9.84 Å². The van der Waals surface area contributed by atoms with Crippen molar-refractivity contribution >= 4 is 16.9 Å². The Morgan fingerprint density at radius 1 is 1.41 bits per heavy atom. The van der Waals surface area contributed by atoms with E-state index < -0.39 is 11.4 Å². The van der Waals surface area contributed by atoms with Crippen LogP contribution < -0.4 is 10.2 Å². The molecule has 17 heavy (non-hydrogen) atoms. The number of aromatic carboxylic acids is 1. The van der Waals surface area contributed by atoms with Crippen molar-refractivity contribution in [3.8, 4) is 5.75 Å². The number of benzene rings is 1. The number of rotatable bonds is 2. The summed E-state index contributed by atoms with van der Waals surface area (Å²) in [5, 5.41) is 9.24. The van der Waals surface area contributed by atoms with Crippen molar-refractivity contribution in [2.45, 2.75) is 6.92 Å². The number of carboxylic acids is 1. The molecule has 2 rings (SSSR count). The van der Waals surface area contributed by atoms with Crippen LogP contribution in [0.15, 0.2) is 23.1 Å². The summed E-state index contributed by atoms with van der Waals surface area (Å²) in [4.78, 5) is 25.7. The van der Waals surface area contributed by atoms with Crippen LogP contribution in [0.25, 0.3) is 10.9 Å². The fourth-order valence-electron chi connectivity index (χ4n) is 1.80. The van der Waals surface area contributed by atoms with Crippen molar-refractivity contribution in [3.63, 3.8) is 0 Å². The summed E-state index contributed by atoms with van der Waals surface area (Å²) < 4.78 is 5.12. The zero-order valence-electron chi connectivity index (χ0n) is 9.40. The third-order valence-corrected chi connectivity index (χ3v) is 2.66. The number of carboxylic acid groups (broad SMARTS) is 1. The molecule has 1 aromatic carbocycles. The summed E-state index contributed by atoms with van der Waals surface area (Å²) >= 11 is 0. The number of hydrogen-bond donors (Lipinski definition) is 2. The van der Waals surface area contributed by atoms with Gasteiger partial charge in [0, 0.05) is 6.20 Å². The van der Waals surface area contributed by atoms with Crippen LogP contribution in [0.1, 0.15) is 15.9 Å². The largest absolute Gasteiger partial charge is 0.495 e. The number of H-pyrrole nitrogens is 1. The van der Waals surface area contributed by atoms with Gasteiger partial charge in [-0.1, -0.05) is 6.07 Å². The number of aryl methyl sites for hydroxylation is 1. The van der Waals surface area contributed by atoms with E-state index in [0.29, 0.717) is 22.2 Å². The smallest absolute Gasteiger partial charge is 0.341 e. The van der Waals surface area contributed by atoms with Gasteiger partial charge in [0.1, 0.15) is 11.3 Å². The van der Waals surface area contributed by atoms with E-state index >= 15 is 0 Å². The van der Waals surface area contributed by atoms with Crippen molar-refractivity contribution in [1.82, 2.24) is 4.98 Å². The van der Waals surface area contributed by atoms with Crippen LogP contribution in [-0.2, 0) is 0 Å². The number of aromatic amines is 1. The molecule has 88 valence electrons. The third kappa shape index (κ3) is 1.65. The molecule has 0 aliphatic carbocycles. The molecule has 0 amide bonds. The average Bonchev–Trinajstić information content (AvgIpc) is 2.29. The molecule has 2 N–H and O–H groups in total. The van der Waals surface area contributed by atoms with Gasteiger partial charge in [0.2, 0.25) is 5.43 Å². The molecular weight excluding hydrogens is 222 g/mol. The fourth-order valence-corrected chi connectivity index (χ4v) is 1.80. The summed E-state index contributed by atoms with van der Waals surface area (Å²) in [6.45, 7) is 1.75. The molecule has 5 heteroatoms. The second-order valence-electron chi connectivity index (χ2n) is 3.67. The summed E-state index contributed by atoms with van der Waals surface area (Å²) in [5.74, 6) is -0.727. The summed E-state index contributed by atoms with van der Waals surface area (Å²) in [5.41, 5.74) is 0.462. The Bertz CT molecular complexity index is 657. The minimum absolute atomic E-state index is 0.270. The topological polar surface area (TPSA) is 79.4 Å². The van der Waals surface area contributed by atoms with Crippen molar-refractivity contribution in [2.75, 3.05) is 7.11 Å². The highest BCUT2D eigenvalue weighted by atomic mass is 16.5. The molecule has 0 fully saturated rings. The SMILES string of the molecule is COc1ccc(C)c2c(=O)c(C(=O)O)c[nH]c12. The first-order valence-corrected chi connectivity index (χ1v) is 4.98. The quantitative estimate of drug-likeness (QED) is 0.824. The van der Waals surface area contributed by atoms with Crippen LogP contribution in [-0.4, -0.2) is 23.2 Å². The van der Waals surface area contributed by atoms with Gasteiger partial charge < -0.3 is 14.8 Å². The minimum Gasteiger partial charge on any atom is -0.495 e. The first kappa shape index (κ1) is 11.2. The maximum Gasteiger partial charge on any atom is 0.341 e. The zero-order valence-corrected chi connectivity index (χ0v) is 9.40. The lowest BCUT2D eigenvalue weighted by atomic mass is 10.1. The number of carbonyl (C=O) groups is 1. The second-order valence-corrected chi connectivity index (χ2v) is 3.67. The Kier molecular flexibility index (Phi) is 2.59. The van der Waals surface area contributed by atoms with Crippen LogP contribution in [0.4, 0.5) is 0 Å². The number of ether oxygens (including phenoxy) is 1. The molecule has 0 radical (unpaired) electrons. The Morgan fingerprint density at radius 3 is 2.71 bits per heavy atom. The molecule has 0 aliphatic heterocycles. The van der Waals surface area contributed by atoms with Gasteiger partial charge in [-0.25, -0.2) is 4.79 Å². The number of nitrogens with one attached hydrogen (secondary N) is 1. The number of fused-ring (bicyclic) bond motifs is 1. The zero-order chi connectivity index (χ0) is 12.6. The maximum absolute atomic E-state index is 12.0. The Labute approximate surface area is 96.7 Å². The fraction of sp³-hybridized carbons (Fsp3) is 0.167. The molecule has 0 atom stereocenters. The molecule has 1 aromatic heterocycles. The Hall–Kier alpha value is -2.30. The van der Waals surface area contributed by atoms with Gasteiger partial charge in [0.15, 0.2) is 0 Å². The predicted molar refractivity (Wildman–Crippen MR) is 62.8 cm³/mol. The van der Waals surface area contributed by atoms with Gasteiger partial charge in [0.25, 0.3) is 0 Å². The minimum atomic E-state index is -1.24. The van der Waals surface area contributed by atoms with E-state index in [2.05, 4.69) is 4.98 Å². The maximum atomic E-state index is 12.0. The van der Waals surface area contributed by atoms with Gasteiger partial charge >= 0.3 is 5.97 Å². The number of aromatic nitrogens is 1. The molecule has 0 saturated carbocycles. The van der Waals surface area contributed by atoms with E-state index in [1.807, 2.05) is 0 Å². The first-order chi connectivity index (χ1) is 8.06. The molecule has 0 spiro atoms. The number of hydrogen-bond acceptors (Lipinski definition) is 3. The van der Waals surface area contributed by atoms with Crippen molar-refractivity contribution in [2.24, 2.45) is 0 Å². The molecule has 0 aliphatic rings. The molecule has 0 saturated heterocycles. The van der Waals surface area contributed by atoms with E-state index in [1.54, 1.807) is 19.1 Å². The highest BCUT2D eigenvalue weighted by Crippen LogP contribution is 2.24. The molecule has 5 nitrogen and oxygen atoms in total. The van der Waals surface area contributed by atoms with E-state index in [1.165, 1.54) is 13.3 Å². The lowest BCUT2D eigenvalue weighted by molar-refractivity contribution is 0.0695. The third-order valence-electron chi connectivity index (χ3n) is 2.66. The van der Waals surface area contributed by atoms with Gasteiger partial charge in [-0.15, -0.1) is 0 Å². The van der Waals surface area contributed by atoms with Crippen LogP contribution in [0.5, 0.6) is 5.75 Å². The normalized spacial score (nSPS) is 10.5. The first-order valence-electron chi connectivity index (χ1n) is 4.98. The van der Waals surface area contributed by atoms with Crippen molar-refractivity contribution in [3.05, 3.63) is 39.7 Å². The van der Waals surface area contributed by atoms with Gasteiger partial charge in [-0.05, 0) is 18.6 Å². The molecule has 0 bridgehead atoms. The van der Waals surface area contributed by atoms with Crippen molar-refractivity contribution in [1.29, 1.82) is 0 Å². The summed E-state index contributed by atoms with van der Waals surface area (Å²) in [7, 11) is 1.49. The Balaban J connectivity index is 2.95. The van der Waals surface area contributed by atoms with Crippen molar-refractivity contribution < 1.29 is 14.6 Å². The van der Waals surface area contributed by atoms with Crippen LogP contribution in [0.2, 0.25) is 0 Å².